The summed E-state index contributed by atoms with van der Waals surface area (Å²) >= 11 is 3.17. The number of amides is 1. The van der Waals surface area contributed by atoms with Crippen LogP contribution in [0.4, 0.5) is 5.69 Å². The Morgan fingerprint density at radius 2 is 2.05 bits per heavy atom. The van der Waals surface area contributed by atoms with E-state index in [0.717, 1.165) is 0 Å². The van der Waals surface area contributed by atoms with Gasteiger partial charge in [0, 0.05) is 17.8 Å². The van der Waals surface area contributed by atoms with Crippen LogP contribution in [0.5, 0.6) is 5.75 Å². The Hall–Kier alpha value is -2.41. The molecule has 1 aromatic heterocycles. The Bertz CT molecular complexity index is 703. The van der Waals surface area contributed by atoms with Crippen molar-refractivity contribution in [2.75, 3.05) is 12.4 Å². The summed E-state index contributed by atoms with van der Waals surface area (Å²) in [4.78, 5) is 27.3. The van der Waals surface area contributed by atoms with Gasteiger partial charge in [0.05, 0.1) is 18.4 Å². The maximum Gasteiger partial charge on any atom is 0.337 e. The van der Waals surface area contributed by atoms with Gasteiger partial charge in [-0.05, 0) is 40.2 Å². The van der Waals surface area contributed by atoms with Crippen LogP contribution in [0.25, 0.3) is 0 Å². The predicted molar refractivity (Wildman–Crippen MR) is 79.8 cm³/mol. The van der Waals surface area contributed by atoms with Gasteiger partial charge in [-0.25, -0.2) is 9.78 Å². The molecule has 1 aromatic carbocycles. The Morgan fingerprint density at radius 1 is 1.29 bits per heavy atom. The summed E-state index contributed by atoms with van der Waals surface area (Å²) in [6.45, 7) is 0. The molecular weight excluding hydrogens is 340 g/mol. The molecular formula is C14H11BrN2O4. The first kappa shape index (κ1) is 15.0. The van der Waals surface area contributed by atoms with E-state index < -0.39 is 11.9 Å². The van der Waals surface area contributed by atoms with Gasteiger partial charge in [-0.3, -0.25) is 4.79 Å². The molecule has 0 unspecified atom stereocenters. The first-order valence-corrected chi connectivity index (χ1v) is 6.65. The fraction of sp³-hybridized carbons (Fsp3) is 0.0714. The number of carbonyl (C=O) groups excluding carboxylic acids is 1. The van der Waals surface area contributed by atoms with Crippen LogP contribution in [-0.2, 0) is 0 Å². The molecule has 1 heterocycles. The molecule has 0 bridgehead atoms. The standard InChI is InChI=1S/C14H11BrN2O4/c1-21-9-2-3-10(14(19)20)11(7-9)17-13(18)8-4-5-16-12(15)6-8/h2-7H,1H3,(H,17,18)(H,19,20). The van der Waals surface area contributed by atoms with Gasteiger partial charge < -0.3 is 15.2 Å². The normalized spacial score (nSPS) is 10.0. The zero-order valence-electron chi connectivity index (χ0n) is 11.0. The van der Waals surface area contributed by atoms with Crippen molar-refractivity contribution >= 4 is 33.5 Å². The molecule has 6 nitrogen and oxygen atoms in total. The second kappa shape index (κ2) is 6.36. The first-order valence-electron chi connectivity index (χ1n) is 5.85. The lowest BCUT2D eigenvalue weighted by molar-refractivity contribution is 0.0698. The summed E-state index contributed by atoms with van der Waals surface area (Å²) in [5, 5.41) is 11.7. The quantitative estimate of drug-likeness (QED) is 0.827. The number of anilines is 1. The first-order chi connectivity index (χ1) is 10.0. The molecule has 0 radical (unpaired) electrons. The van der Waals surface area contributed by atoms with E-state index in [1.54, 1.807) is 0 Å². The van der Waals surface area contributed by atoms with Crippen molar-refractivity contribution in [1.29, 1.82) is 0 Å². The summed E-state index contributed by atoms with van der Waals surface area (Å²) in [5.41, 5.74) is 0.507. The predicted octanol–water partition coefficient (Wildman–Crippen LogP) is 2.80. The van der Waals surface area contributed by atoms with Crippen LogP contribution >= 0.6 is 15.9 Å². The van der Waals surface area contributed by atoms with Crippen molar-refractivity contribution in [2.24, 2.45) is 0 Å². The third-order valence-electron chi connectivity index (χ3n) is 2.69. The average molecular weight is 351 g/mol. The lowest BCUT2D eigenvalue weighted by Crippen LogP contribution is -2.15. The number of carboxylic acid groups (broad SMARTS) is 1. The summed E-state index contributed by atoms with van der Waals surface area (Å²) < 4.78 is 5.55. The van der Waals surface area contributed by atoms with Gasteiger partial charge in [-0.2, -0.15) is 0 Å². The maximum atomic E-state index is 12.1. The van der Waals surface area contributed by atoms with E-state index in [-0.39, 0.29) is 11.3 Å². The highest BCUT2D eigenvalue weighted by Crippen LogP contribution is 2.23. The number of benzene rings is 1. The van der Waals surface area contributed by atoms with Crippen molar-refractivity contribution in [3.05, 3.63) is 52.3 Å². The molecule has 1 amide bonds. The Kier molecular flexibility index (Phi) is 4.54. The van der Waals surface area contributed by atoms with Gasteiger partial charge in [0.2, 0.25) is 0 Å². The molecule has 108 valence electrons. The molecule has 7 heteroatoms. The molecule has 0 saturated carbocycles. The van der Waals surface area contributed by atoms with Gasteiger partial charge in [0.1, 0.15) is 10.4 Å². The Morgan fingerprint density at radius 3 is 2.67 bits per heavy atom. The van der Waals surface area contributed by atoms with Crippen molar-refractivity contribution in [2.45, 2.75) is 0 Å². The van der Waals surface area contributed by atoms with Crippen molar-refractivity contribution in [3.63, 3.8) is 0 Å². The molecule has 0 spiro atoms. The number of hydrogen-bond donors (Lipinski definition) is 2. The van der Waals surface area contributed by atoms with Crippen molar-refractivity contribution in [1.82, 2.24) is 4.98 Å². The number of aromatic carboxylic acids is 1. The molecule has 0 aliphatic carbocycles. The van der Waals surface area contributed by atoms with Gasteiger partial charge in [-0.15, -0.1) is 0 Å². The lowest BCUT2D eigenvalue weighted by Gasteiger charge is -2.10. The van der Waals surface area contributed by atoms with Crippen LogP contribution in [0.15, 0.2) is 41.1 Å². The molecule has 2 aromatic rings. The lowest BCUT2D eigenvalue weighted by atomic mass is 10.1. The molecule has 0 aliphatic rings. The smallest absolute Gasteiger partial charge is 0.337 e. The van der Waals surface area contributed by atoms with E-state index in [2.05, 4.69) is 26.2 Å². The van der Waals surface area contributed by atoms with E-state index in [1.807, 2.05) is 0 Å². The Labute approximate surface area is 128 Å². The fourth-order valence-electron chi connectivity index (χ4n) is 1.68. The number of rotatable bonds is 4. The number of nitrogens with zero attached hydrogens (tertiary/aromatic N) is 1. The molecule has 0 saturated heterocycles. The van der Waals surface area contributed by atoms with Crippen LogP contribution in [0.2, 0.25) is 0 Å². The highest BCUT2D eigenvalue weighted by atomic mass is 79.9. The van der Waals surface area contributed by atoms with E-state index in [0.29, 0.717) is 15.9 Å². The average Bonchev–Trinajstić information content (AvgIpc) is 2.46. The molecule has 21 heavy (non-hydrogen) atoms. The number of pyridine rings is 1. The summed E-state index contributed by atoms with van der Waals surface area (Å²) in [7, 11) is 1.46. The topological polar surface area (TPSA) is 88.5 Å². The number of ether oxygens (including phenoxy) is 1. The molecule has 0 fully saturated rings. The van der Waals surface area contributed by atoms with Crippen LogP contribution in [0, 0.1) is 0 Å². The highest BCUT2D eigenvalue weighted by Gasteiger charge is 2.15. The van der Waals surface area contributed by atoms with E-state index in [1.165, 1.54) is 43.6 Å². The fourth-order valence-corrected chi connectivity index (χ4v) is 2.04. The second-order valence-corrected chi connectivity index (χ2v) is 4.85. The zero-order chi connectivity index (χ0) is 15.4. The van der Waals surface area contributed by atoms with Crippen LogP contribution in [-0.4, -0.2) is 29.1 Å². The third-order valence-corrected chi connectivity index (χ3v) is 3.13. The molecule has 0 atom stereocenters. The second-order valence-electron chi connectivity index (χ2n) is 4.04. The minimum absolute atomic E-state index is 0.0164. The number of methoxy groups -OCH3 is 1. The molecule has 2 rings (SSSR count). The monoisotopic (exact) mass is 350 g/mol. The highest BCUT2D eigenvalue weighted by molar-refractivity contribution is 9.10. The summed E-state index contributed by atoms with van der Waals surface area (Å²) in [6, 6.07) is 7.41. The minimum atomic E-state index is -1.14. The summed E-state index contributed by atoms with van der Waals surface area (Å²) in [5.74, 6) is -1.12. The van der Waals surface area contributed by atoms with E-state index in [9.17, 15) is 9.59 Å². The number of nitrogens with one attached hydrogen (secondary N) is 1. The maximum absolute atomic E-state index is 12.1. The third kappa shape index (κ3) is 3.57. The van der Waals surface area contributed by atoms with Gasteiger partial charge in [0.15, 0.2) is 0 Å². The number of hydrogen-bond acceptors (Lipinski definition) is 4. The molecule has 2 N–H and O–H groups in total. The largest absolute Gasteiger partial charge is 0.497 e. The van der Waals surface area contributed by atoms with Crippen molar-refractivity contribution < 1.29 is 19.4 Å². The van der Waals surface area contributed by atoms with Crippen LogP contribution < -0.4 is 10.1 Å². The van der Waals surface area contributed by atoms with Gasteiger partial charge >= 0.3 is 5.97 Å². The number of carbonyl (C=O) groups is 2. The minimum Gasteiger partial charge on any atom is -0.497 e. The summed E-state index contributed by atoms with van der Waals surface area (Å²) in [6.07, 6.45) is 1.47. The SMILES string of the molecule is COc1ccc(C(=O)O)c(NC(=O)c2ccnc(Br)c2)c1. The number of aromatic nitrogens is 1. The van der Waals surface area contributed by atoms with Gasteiger partial charge in [0.25, 0.3) is 5.91 Å². The number of carboxylic acids is 1. The van der Waals surface area contributed by atoms with Crippen LogP contribution in [0.1, 0.15) is 20.7 Å². The zero-order valence-corrected chi connectivity index (χ0v) is 12.5. The van der Waals surface area contributed by atoms with E-state index in [4.69, 9.17) is 9.84 Å². The van der Waals surface area contributed by atoms with Gasteiger partial charge in [-0.1, -0.05) is 0 Å². The van der Waals surface area contributed by atoms with Crippen molar-refractivity contribution in [3.8, 4) is 5.75 Å². The number of halogens is 1. The Balaban J connectivity index is 2.33. The van der Waals surface area contributed by atoms with E-state index >= 15 is 0 Å². The van der Waals surface area contributed by atoms with Crippen LogP contribution in [0.3, 0.4) is 0 Å². The molecule has 0 aliphatic heterocycles.